The number of carboxylic acids is 1. The minimum atomic E-state index is -3.98. The van der Waals surface area contributed by atoms with E-state index in [0.717, 1.165) is 10.4 Å². The van der Waals surface area contributed by atoms with Crippen molar-refractivity contribution in [3.05, 3.63) is 63.5 Å². The van der Waals surface area contributed by atoms with Crippen molar-refractivity contribution in [2.45, 2.75) is 25.7 Å². The molecule has 6 nitrogen and oxygen atoms in total. The molecule has 0 saturated heterocycles. The molecule has 9 heteroatoms. The van der Waals surface area contributed by atoms with Gasteiger partial charge in [0.1, 0.15) is 5.01 Å². The Hall–Kier alpha value is -2.42. The molecule has 0 spiro atoms. The largest absolute Gasteiger partial charge is 0.478 e. The third kappa shape index (κ3) is 4.14. The second kappa shape index (κ2) is 8.14. The highest BCUT2D eigenvalue weighted by Gasteiger charge is 2.28. The van der Waals surface area contributed by atoms with E-state index in [1.807, 2.05) is 19.1 Å². The molecule has 0 saturated carbocycles. The van der Waals surface area contributed by atoms with Gasteiger partial charge in [0, 0.05) is 22.0 Å². The zero-order valence-electron chi connectivity index (χ0n) is 16.0. The topological polar surface area (TPSA) is 87.6 Å². The van der Waals surface area contributed by atoms with E-state index in [0.29, 0.717) is 21.4 Å². The lowest BCUT2D eigenvalue weighted by Gasteiger charge is -2.21. The molecule has 2 aromatic carbocycles. The van der Waals surface area contributed by atoms with Gasteiger partial charge in [0.05, 0.1) is 10.5 Å². The number of rotatable bonds is 6. The molecule has 0 unspecified atom stereocenters. The number of carbonyl (C=O) groups is 1. The number of hydrogen-bond donors (Lipinski definition) is 1. The van der Waals surface area contributed by atoms with Gasteiger partial charge in [0.25, 0.3) is 10.0 Å². The molecular weight excluding hydrogens is 432 g/mol. The Balaban J connectivity index is 2.06. The summed E-state index contributed by atoms with van der Waals surface area (Å²) in [6.07, 6.45) is 0. The number of aromatic nitrogens is 1. The first-order valence-electron chi connectivity index (χ1n) is 8.75. The normalized spacial score (nSPS) is 11.4. The minimum absolute atomic E-state index is 0.0426. The van der Waals surface area contributed by atoms with Crippen LogP contribution in [0.25, 0.3) is 10.6 Å². The van der Waals surface area contributed by atoms with Crippen LogP contribution in [0.5, 0.6) is 0 Å². The van der Waals surface area contributed by atoms with Crippen LogP contribution in [0.3, 0.4) is 0 Å². The summed E-state index contributed by atoms with van der Waals surface area (Å²) < 4.78 is 27.7. The fourth-order valence-electron chi connectivity index (χ4n) is 2.89. The van der Waals surface area contributed by atoms with Crippen LogP contribution in [0.15, 0.2) is 47.4 Å². The van der Waals surface area contributed by atoms with E-state index in [-0.39, 0.29) is 17.0 Å². The van der Waals surface area contributed by atoms with Gasteiger partial charge < -0.3 is 5.11 Å². The van der Waals surface area contributed by atoms with Gasteiger partial charge in [-0.05, 0) is 50.6 Å². The molecular formula is C20H19ClN2O4S2. The molecule has 29 heavy (non-hydrogen) atoms. The summed E-state index contributed by atoms with van der Waals surface area (Å²) in [4.78, 5) is 16.6. The van der Waals surface area contributed by atoms with Crippen LogP contribution in [0, 0.1) is 13.8 Å². The monoisotopic (exact) mass is 450 g/mol. The fraction of sp³-hybridized carbons (Fsp3) is 0.200. The van der Waals surface area contributed by atoms with Gasteiger partial charge in [-0.3, -0.25) is 0 Å². The van der Waals surface area contributed by atoms with Crippen molar-refractivity contribution in [2.24, 2.45) is 0 Å². The standard InChI is InChI=1S/C20H19ClN2O4S2/c1-4-23(29(26,27)16-10-5-12(2)17(11-16)20(24)25)18-13(3)28-19(22-18)14-6-8-15(21)9-7-14/h5-11H,4H2,1-3H3,(H,24,25). The molecule has 0 amide bonds. The van der Waals surface area contributed by atoms with E-state index in [2.05, 4.69) is 4.98 Å². The molecule has 0 radical (unpaired) electrons. The van der Waals surface area contributed by atoms with E-state index in [4.69, 9.17) is 11.6 Å². The second-order valence-electron chi connectivity index (χ2n) is 6.36. The highest BCUT2D eigenvalue weighted by Crippen LogP contribution is 2.35. The molecule has 1 heterocycles. The van der Waals surface area contributed by atoms with Crippen LogP contribution in [0.4, 0.5) is 5.82 Å². The van der Waals surface area contributed by atoms with Crippen LogP contribution in [0.2, 0.25) is 5.02 Å². The summed E-state index contributed by atoms with van der Waals surface area (Å²) in [7, 11) is -3.98. The molecule has 3 aromatic rings. The van der Waals surface area contributed by atoms with Crippen molar-refractivity contribution in [2.75, 3.05) is 10.8 Å². The number of benzene rings is 2. The maximum absolute atomic E-state index is 13.3. The number of anilines is 1. The average Bonchev–Trinajstić information content (AvgIpc) is 3.04. The van der Waals surface area contributed by atoms with Crippen molar-refractivity contribution in [1.82, 2.24) is 4.98 Å². The minimum Gasteiger partial charge on any atom is -0.478 e. The average molecular weight is 451 g/mol. The van der Waals surface area contributed by atoms with E-state index in [1.165, 1.54) is 33.8 Å². The molecule has 0 atom stereocenters. The maximum Gasteiger partial charge on any atom is 0.335 e. The van der Waals surface area contributed by atoms with Gasteiger partial charge in [-0.15, -0.1) is 11.3 Å². The van der Waals surface area contributed by atoms with Crippen molar-refractivity contribution >= 4 is 44.7 Å². The van der Waals surface area contributed by atoms with Gasteiger partial charge in [0.15, 0.2) is 5.82 Å². The van der Waals surface area contributed by atoms with Gasteiger partial charge in [-0.1, -0.05) is 29.8 Å². The van der Waals surface area contributed by atoms with Gasteiger partial charge in [0.2, 0.25) is 0 Å². The lowest BCUT2D eigenvalue weighted by atomic mass is 10.1. The zero-order valence-corrected chi connectivity index (χ0v) is 18.4. The maximum atomic E-state index is 13.3. The summed E-state index contributed by atoms with van der Waals surface area (Å²) in [5.41, 5.74) is 1.29. The molecule has 0 fully saturated rings. The summed E-state index contributed by atoms with van der Waals surface area (Å²) in [5, 5.41) is 10.6. The Labute approximate surface area is 178 Å². The number of hydrogen-bond acceptors (Lipinski definition) is 5. The predicted molar refractivity (Wildman–Crippen MR) is 116 cm³/mol. The number of halogens is 1. The number of carboxylic acid groups (broad SMARTS) is 1. The van der Waals surface area contributed by atoms with E-state index < -0.39 is 16.0 Å². The van der Waals surface area contributed by atoms with Crippen LogP contribution in [-0.2, 0) is 10.0 Å². The first kappa shape index (κ1) is 21.3. The van der Waals surface area contributed by atoms with Gasteiger partial charge in [-0.2, -0.15) is 0 Å². The SMILES string of the molecule is CCN(c1nc(-c2ccc(Cl)cc2)sc1C)S(=O)(=O)c1ccc(C)c(C(=O)O)c1. The Kier molecular flexibility index (Phi) is 5.97. The predicted octanol–water partition coefficient (Wildman–Crippen LogP) is 4.99. The van der Waals surface area contributed by atoms with Crippen LogP contribution >= 0.6 is 22.9 Å². The third-order valence-corrected chi connectivity index (χ3v) is 7.54. The van der Waals surface area contributed by atoms with Crippen molar-refractivity contribution < 1.29 is 18.3 Å². The fourth-order valence-corrected chi connectivity index (χ4v) is 5.50. The summed E-state index contributed by atoms with van der Waals surface area (Å²) in [6, 6.07) is 11.3. The molecule has 0 aliphatic rings. The Morgan fingerprint density at radius 2 is 1.83 bits per heavy atom. The Bertz CT molecular complexity index is 1170. The van der Waals surface area contributed by atoms with E-state index in [1.54, 1.807) is 26.0 Å². The second-order valence-corrected chi connectivity index (χ2v) is 9.86. The Morgan fingerprint density at radius 3 is 2.41 bits per heavy atom. The van der Waals surface area contributed by atoms with Crippen LogP contribution in [0.1, 0.15) is 27.7 Å². The van der Waals surface area contributed by atoms with Crippen LogP contribution < -0.4 is 4.31 Å². The van der Waals surface area contributed by atoms with Gasteiger partial charge in [-0.25, -0.2) is 22.5 Å². The molecule has 152 valence electrons. The van der Waals surface area contributed by atoms with Crippen molar-refractivity contribution in [3.8, 4) is 10.6 Å². The van der Waals surface area contributed by atoms with Crippen molar-refractivity contribution in [1.29, 1.82) is 0 Å². The summed E-state index contributed by atoms with van der Waals surface area (Å²) >= 11 is 7.32. The number of sulfonamides is 1. The number of aromatic carboxylic acids is 1. The highest BCUT2D eigenvalue weighted by molar-refractivity contribution is 7.92. The number of nitrogens with zero attached hydrogens (tertiary/aromatic N) is 2. The highest BCUT2D eigenvalue weighted by atomic mass is 35.5. The van der Waals surface area contributed by atoms with E-state index in [9.17, 15) is 18.3 Å². The van der Waals surface area contributed by atoms with Crippen LogP contribution in [-0.4, -0.2) is 31.0 Å². The lowest BCUT2D eigenvalue weighted by molar-refractivity contribution is 0.0696. The molecule has 0 bridgehead atoms. The van der Waals surface area contributed by atoms with Crippen molar-refractivity contribution in [3.63, 3.8) is 0 Å². The van der Waals surface area contributed by atoms with E-state index >= 15 is 0 Å². The zero-order chi connectivity index (χ0) is 21.3. The molecule has 0 aliphatic carbocycles. The van der Waals surface area contributed by atoms with Gasteiger partial charge >= 0.3 is 5.97 Å². The summed E-state index contributed by atoms with van der Waals surface area (Å²) in [6.45, 7) is 5.30. The lowest BCUT2D eigenvalue weighted by Crippen LogP contribution is -2.31. The first-order chi connectivity index (χ1) is 13.6. The number of thiazole rings is 1. The molecule has 1 aromatic heterocycles. The quantitative estimate of drug-likeness (QED) is 0.571. The molecule has 0 aliphatic heterocycles. The molecule has 1 N–H and O–H groups in total. The summed E-state index contributed by atoms with van der Waals surface area (Å²) in [5.74, 6) is -0.836. The third-order valence-electron chi connectivity index (χ3n) is 4.41. The Morgan fingerprint density at radius 1 is 1.17 bits per heavy atom. The number of aryl methyl sites for hydroxylation is 2. The first-order valence-corrected chi connectivity index (χ1v) is 11.4. The smallest absolute Gasteiger partial charge is 0.335 e. The molecule has 3 rings (SSSR count).